The van der Waals surface area contributed by atoms with Gasteiger partial charge < -0.3 is 10.0 Å². The summed E-state index contributed by atoms with van der Waals surface area (Å²) in [5.74, 6) is 0.561. The van der Waals surface area contributed by atoms with Gasteiger partial charge in [-0.25, -0.2) is 0 Å². The third-order valence-electron chi connectivity index (χ3n) is 4.87. The van der Waals surface area contributed by atoms with Crippen LogP contribution >= 0.6 is 0 Å². The standard InChI is InChI=1S/C15H29NO/c1-15(2,3)8-7-14(17)11-9-12-5-6-13(10-11)16(12)4/h11-14,17H,5-10H2,1-4H3. The Bertz CT molecular complexity index is 244. The predicted octanol–water partition coefficient (Wildman–Crippen LogP) is 3.05. The quantitative estimate of drug-likeness (QED) is 0.818. The van der Waals surface area contributed by atoms with E-state index in [2.05, 4.69) is 32.7 Å². The van der Waals surface area contributed by atoms with Crippen molar-refractivity contribution in [1.29, 1.82) is 0 Å². The lowest BCUT2D eigenvalue weighted by atomic mass is 9.81. The molecule has 0 aromatic rings. The van der Waals surface area contributed by atoms with Gasteiger partial charge in [-0.1, -0.05) is 20.8 Å². The molecule has 1 N–H and O–H groups in total. The monoisotopic (exact) mass is 239 g/mol. The molecule has 0 aliphatic carbocycles. The molecule has 0 amide bonds. The molecule has 0 aromatic heterocycles. The summed E-state index contributed by atoms with van der Waals surface area (Å²) in [5.41, 5.74) is 0.353. The second-order valence-corrected chi connectivity index (χ2v) is 7.45. The van der Waals surface area contributed by atoms with Crippen LogP contribution in [0, 0.1) is 11.3 Å². The molecule has 2 nitrogen and oxygen atoms in total. The van der Waals surface area contributed by atoms with E-state index in [-0.39, 0.29) is 6.10 Å². The molecule has 0 radical (unpaired) electrons. The van der Waals surface area contributed by atoms with E-state index >= 15 is 0 Å². The highest BCUT2D eigenvalue weighted by molar-refractivity contribution is 4.95. The maximum absolute atomic E-state index is 10.4. The molecule has 17 heavy (non-hydrogen) atoms. The van der Waals surface area contributed by atoms with E-state index in [4.69, 9.17) is 0 Å². The number of fused-ring (bicyclic) bond motifs is 2. The number of hydrogen-bond donors (Lipinski definition) is 1. The van der Waals surface area contributed by atoms with Gasteiger partial charge >= 0.3 is 0 Å². The maximum Gasteiger partial charge on any atom is 0.0569 e. The fourth-order valence-electron chi connectivity index (χ4n) is 3.58. The van der Waals surface area contributed by atoms with Gasteiger partial charge in [-0.2, -0.15) is 0 Å². The van der Waals surface area contributed by atoms with Crippen molar-refractivity contribution in [2.24, 2.45) is 11.3 Å². The first-order valence-electron chi connectivity index (χ1n) is 7.27. The van der Waals surface area contributed by atoms with Gasteiger partial charge in [0.05, 0.1) is 6.10 Å². The smallest absolute Gasteiger partial charge is 0.0569 e. The lowest BCUT2D eigenvalue weighted by Crippen LogP contribution is -2.43. The van der Waals surface area contributed by atoms with Crippen molar-refractivity contribution in [3.8, 4) is 0 Å². The van der Waals surface area contributed by atoms with Crippen LogP contribution in [0.3, 0.4) is 0 Å². The number of nitrogens with zero attached hydrogens (tertiary/aromatic N) is 1. The van der Waals surface area contributed by atoms with E-state index in [9.17, 15) is 5.11 Å². The Kier molecular flexibility index (Phi) is 3.84. The Labute approximate surface area is 106 Å². The van der Waals surface area contributed by atoms with Crippen LogP contribution in [0.2, 0.25) is 0 Å². The summed E-state index contributed by atoms with van der Waals surface area (Å²) in [4.78, 5) is 2.55. The molecule has 2 bridgehead atoms. The molecule has 2 heteroatoms. The molecule has 2 aliphatic rings. The van der Waals surface area contributed by atoms with Gasteiger partial charge in [0.2, 0.25) is 0 Å². The highest BCUT2D eigenvalue weighted by Crippen LogP contribution is 2.39. The van der Waals surface area contributed by atoms with E-state index in [1.807, 2.05) is 0 Å². The minimum absolute atomic E-state index is 0.0639. The molecule has 2 aliphatic heterocycles. The Hall–Kier alpha value is -0.0800. The average Bonchev–Trinajstić information content (AvgIpc) is 2.50. The second-order valence-electron chi connectivity index (χ2n) is 7.45. The Balaban J connectivity index is 1.83. The van der Waals surface area contributed by atoms with Crippen LogP contribution in [0.15, 0.2) is 0 Å². The van der Waals surface area contributed by atoms with Crippen molar-refractivity contribution < 1.29 is 5.11 Å². The SMILES string of the molecule is CN1C2CCC1CC(C(O)CCC(C)(C)C)C2. The molecule has 2 fully saturated rings. The zero-order valence-corrected chi connectivity index (χ0v) is 11.9. The number of hydrogen-bond acceptors (Lipinski definition) is 2. The molecule has 2 saturated heterocycles. The molecule has 2 rings (SSSR count). The van der Waals surface area contributed by atoms with Crippen molar-refractivity contribution in [3.63, 3.8) is 0 Å². The highest BCUT2D eigenvalue weighted by atomic mass is 16.3. The van der Waals surface area contributed by atoms with Gasteiger partial charge in [-0.3, -0.25) is 0 Å². The van der Waals surface area contributed by atoms with Crippen LogP contribution in [0.1, 0.15) is 59.3 Å². The second kappa shape index (κ2) is 4.89. The van der Waals surface area contributed by atoms with Crippen LogP contribution in [-0.4, -0.2) is 35.2 Å². The first kappa shape index (κ1) is 13.4. The van der Waals surface area contributed by atoms with Crippen molar-refractivity contribution in [2.75, 3.05) is 7.05 Å². The molecule has 0 aromatic carbocycles. The van der Waals surface area contributed by atoms with Crippen molar-refractivity contribution in [3.05, 3.63) is 0 Å². The fraction of sp³-hybridized carbons (Fsp3) is 1.00. The van der Waals surface area contributed by atoms with Gasteiger partial charge in [0.1, 0.15) is 0 Å². The predicted molar refractivity (Wildman–Crippen MR) is 72.0 cm³/mol. The van der Waals surface area contributed by atoms with Gasteiger partial charge in [-0.05, 0) is 56.9 Å². The van der Waals surface area contributed by atoms with Gasteiger partial charge in [0, 0.05) is 12.1 Å². The van der Waals surface area contributed by atoms with Crippen molar-refractivity contribution in [1.82, 2.24) is 4.90 Å². The summed E-state index contributed by atoms with van der Waals surface area (Å²) in [5, 5.41) is 10.4. The summed E-state index contributed by atoms with van der Waals surface area (Å²) in [7, 11) is 2.26. The third kappa shape index (κ3) is 3.23. The first-order valence-corrected chi connectivity index (χ1v) is 7.27. The summed E-state index contributed by atoms with van der Waals surface area (Å²) in [6.07, 6.45) is 7.20. The average molecular weight is 239 g/mol. The molecular formula is C15H29NO. The summed E-state index contributed by atoms with van der Waals surface area (Å²) in [6.45, 7) is 6.79. The molecule has 2 heterocycles. The first-order chi connectivity index (χ1) is 7.87. The summed E-state index contributed by atoms with van der Waals surface area (Å²) < 4.78 is 0. The minimum atomic E-state index is -0.0639. The number of piperidine rings is 1. The third-order valence-corrected chi connectivity index (χ3v) is 4.87. The minimum Gasteiger partial charge on any atom is -0.393 e. The fourth-order valence-corrected chi connectivity index (χ4v) is 3.58. The van der Waals surface area contributed by atoms with Crippen LogP contribution in [0.25, 0.3) is 0 Å². The molecule has 0 saturated carbocycles. The zero-order valence-electron chi connectivity index (χ0n) is 11.9. The Morgan fingerprint density at radius 2 is 1.71 bits per heavy atom. The Morgan fingerprint density at radius 3 is 2.18 bits per heavy atom. The van der Waals surface area contributed by atoms with Gasteiger partial charge in [-0.15, -0.1) is 0 Å². The van der Waals surface area contributed by atoms with E-state index in [1.54, 1.807) is 0 Å². The van der Waals surface area contributed by atoms with Crippen molar-refractivity contribution >= 4 is 0 Å². The van der Waals surface area contributed by atoms with Crippen LogP contribution < -0.4 is 0 Å². The van der Waals surface area contributed by atoms with Crippen LogP contribution in [-0.2, 0) is 0 Å². The molecule has 3 atom stereocenters. The summed E-state index contributed by atoms with van der Waals surface area (Å²) in [6, 6.07) is 1.51. The van der Waals surface area contributed by atoms with E-state index in [0.717, 1.165) is 24.9 Å². The number of rotatable bonds is 3. The van der Waals surface area contributed by atoms with Crippen LogP contribution in [0.4, 0.5) is 0 Å². The summed E-state index contributed by atoms with van der Waals surface area (Å²) >= 11 is 0. The molecule has 0 spiro atoms. The van der Waals surface area contributed by atoms with Gasteiger partial charge in [0.25, 0.3) is 0 Å². The topological polar surface area (TPSA) is 23.5 Å². The van der Waals surface area contributed by atoms with Crippen molar-refractivity contribution in [2.45, 2.75) is 77.5 Å². The van der Waals surface area contributed by atoms with Gasteiger partial charge in [0.15, 0.2) is 0 Å². The molecule has 100 valence electrons. The van der Waals surface area contributed by atoms with E-state index < -0.39 is 0 Å². The van der Waals surface area contributed by atoms with E-state index in [1.165, 1.54) is 25.7 Å². The number of aliphatic hydroxyl groups excluding tert-OH is 1. The normalized spacial score (nSPS) is 36.2. The Morgan fingerprint density at radius 1 is 1.18 bits per heavy atom. The lowest BCUT2D eigenvalue weighted by molar-refractivity contribution is 0.0259. The molecule has 3 unspecified atom stereocenters. The largest absolute Gasteiger partial charge is 0.393 e. The maximum atomic E-state index is 10.4. The lowest BCUT2D eigenvalue weighted by Gasteiger charge is -2.38. The van der Waals surface area contributed by atoms with Crippen LogP contribution in [0.5, 0.6) is 0 Å². The zero-order chi connectivity index (χ0) is 12.6. The molecular weight excluding hydrogens is 210 g/mol. The number of aliphatic hydroxyl groups is 1. The highest BCUT2D eigenvalue weighted by Gasteiger charge is 2.40. The van der Waals surface area contributed by atoms with E-state index in [0.29, 0.717) is 11.3 Å².